The lowest BCUT2D eigenvalue weighted by atomic mass is 9.86. The minimum atomic E-state index is -0.325. The molecule has 0 aliphatic rings. The van der Waals surface area contributed by atoms with Crippen LogP contribution in [-0.4, -0.2) is 16.8 Å². The number of rotatable bonds is 5. The van der Waals surface area contributed by atoms with E-state index in [2.05, 4.69) is 36.4 Å². The van der Waals surface area contributed by atoms with Crippen molar-refractivity contribution in [3.63, 3.8) is 0 Å². The second-order valence-corrected chi connectivity index (χ2v) is 7.47. The Labute approximate surface area is 164 Å². The van der Waals surface area contributed by atoms with Gasteiger partial charge in [-0.2, -0.15) is 0 Å². The third-order valence-electron chi connectivity index (χ3n) is 4.25. The van der Waals surface area contributed by atoms with Gasteiger partial charge in [-0.1, -0.05) is 39.0 Å². The van der Waals surface area contributed by atoms with E-state index in [0.717, 1.165) is 11.3 Å². The van der Waals surface area contributed by atoms with Crippen LogP contribution < -0.4 is 10.6 Å². The maximum atomic E-state index is 12.7. The second-order valence-electron chi connectivity index (χ2n) is 7.47. The van der Waals surface area contributed by atoms with Gasteiger partial charge in [0.05, 0.1) is 23.9 Å². The number of benzene rings is 1. The first-order chi connectivity index (χ1) is 13.3. The first-order valence-electron chi connectivity index (χ1n) is 9.01. The molecule has 0 spiro atoms. The average Bonchev–Trinajstić information content (AvgIpc) is 3.19. The number of nitrogens with zero attached hydrogens (tertiary/aromatic N) is 1. The predicted octanol–water partition coefficient (Wildman–Crippen LogP) is 4.15. The summed E-state index contributed by atoms with van der Waals surface area (Å²) in [5.41, 5.74) is 2.28. The number of furan rings is 1. The van der Waals surface area contributed by atoms with Gasteiger partial charge in [-0.15, -0.1) is 0 Å². The fraction of sp³-hybridized carbons (Fsp3) is 0.227. The smallest absolute Gasteiger partial charge is 0.257 e. The standard InChI is InChI=1S/C22H23N3O3/c1-22(2,3)18-8-4-5-9-19(18)25-21(27)16-11-15(12-23-13-16)20(26)24-14-17-7-6-10-28-17/h4-13H,14H2,1-3H3,(H,24,26)(H,25,27). The number of hydrogen-bond donors (Lipinski definition) is 2. The molecule has 6 nitrogen and oxygen atoms in total. The normalized spacial score (nSPS) is 11.1. The van der Waals surface area contributed by atoms with Gasteiger partial charge in [0, 0.05) is 18.1 Å². The lowest BCUT2D eigenvalue weighted by Gasteiger charge is -2.23. The molecule has 0 atom stereocenters. The molecule has 3 rings (SSSR count). The number of carbonyl (C=O) groups is 2. The van der Waals surface area contributed by atoms with Crippen LogP contribution in [0.2, 0.25) is 0 Å². The third-order valence-corrected chi connectivity index (χ3v) is 4.25. The Balaban J connectivity index is 1.73. The van der Waals surface area contributed by atoms with E-state index >= 15 is 0 Å². The minimum absolute atomic E-state index is 0.115. The minimum Gasteiger partial charge on any atom is -0.467 e. The van der Waals surface area contributed by atoms with Crippen molar-refractivity contribution in [3.8, 4) is 0 Å². The molecule has 2 aromatic heterocycles. The molecule has 6 heteroatoms. The van der Waals surface area contributed by atoms with E-state index in [1.165, 1.54) is 18.5 Å². The van der Waals surface area contributed by atoms with Crippen molar-refractivity contribution in [2.24, 2.45) is 0 Å². The van der Waals surface area contributed by atoms with Crippen LogP contribution in [0.25, 0.3) is 0 Å². The van der Waals surface area contributed by atoms with E-state index in [9.17, 15) is 9.59 Å². The average molecular weight is 377 g/mol. The maximum Gasteiger partial charge on any atom is 0.257 e. The van der Waals surface area contributed by atoms with Crippen molar-refractivity contribution in [1.82, 2.24) is 10.3 Å². The number of hydrogen-bond acceptors (Lipinski definition) is 4. The fourth-order valence-corrected chi connectivity index (χ4v) is 2.81. The number of amides is 2. The monoisotopic (exact) mass is 377 g/mol. The molecule has 0 fully saturated rings. The zero-order valence-electron chi connectivity index (χ0n) is 16.2. The molecule has 0 bridgehead atoms. The van der Waals surface area contributed by atoms with Crippen molar-refractivity contribution >= 4 is 17.5 Å². The van der Waals surface area contributed by atoms with Crippen LogP contribution >= 0.6 is 0 Å². The summed E-state index contributed by atoms with van der Waals surface area (Å²) in [6, 6.07) is 12.7. The summed E-state index contributed by atoms with van der Waals surface area (Å²) < 4.78 is 5.19. The largest absolute Gasteiger partial charge is 0.467 e. The van der Waals surface area contributed by atoms with E-state index < -0.39 is 0 Å². The number of carbonyl (C=O) groups excluding carboxylic acids is 2. The summed E-state index contributed by atoms with van der Waals surface area (Å²) in [6.07, 6.45) is 4.42. The van der Waals surface area contributed by atoms with Crippen molar-refractivity contribution < 1.29 is 14.0 Å². The van der Waals surface area contributed by atoms with E-state index in [1.54, 1.807) is 18.4 Å². The number of nitrogens with one attached hydrogen (secondary N) is 2. The predicted molar refractivity (Wildman–Crippen MR) is 107 cm³/mol. The first-order valence-corrected chi connectivity index (χ1v) is 9.01. The van der Waals surface area contributed by atoms with Crippen LogP contribution in [0.1, 0.15) is 52.8 Å². The fourth-order valence-electron chi connectivity index (χ4n) is 2.81. The molecular weight excluding hydrogens is 354 g/mol. The van der Waals surface area contributed by atoms with Gasteiger partial charge in [0.2, 0.25) is 0 Å². The van der Waals surface area contributed by atoms with Gasteiger partial charge in [0.15, 0.2) is 0 Å². The number of para-hydroxylation sites is 1. The maximum absolute atomic E-state index is 12.7. The van der Waals surface area contributed by atoms with E-state index in [-0.39, 0.29) is 23.8 Å². The molecular formula is C22H23N3O3. The van der Waals surface area contributed by atoms with Gasteiger partial charge in [-0.25, -0.2) is 0 Å². The lowest BCUT2D eigenvalue weighted by molar-refractivity contribution is 0.0947. The lowest BCUT2D eigenvalue weighted by Crippen LogP contribution is -2.23. The number of pyridine rings is 1. The summed E-state index contributed by atoms with van der Waals surface area (Å²) in [7, 11) is 0. The van der Waals surface area contributed by atoms with Crippen LogP contribution in [-0.2, 0) is 12.0 Å². The molecule has 3 aromatic rings. The molecule has 0 unspecified atom stereocenters. The highest BCUT2D eigenvalue weighted by Gasteiger charge is 2.19. The molecule has 0 aliphatic heterocycles. The quantitative estimate of drug-likeness (QED) is 0.699. The first kappa shape index (κ1) is 19.4. The Kier molecular flexibility index (Phi) is 5.59. The topological polar surface area (TPSA) is 84.2 Å². The molecule has 0 saturated heterocycles. The Bertz CT molecular complexity index is 973. The zero-order chi connectivity index (χ0) is 20.1. The van der Waals surface area contributed by atoms with Crippen LogP contribution in [0.4, 0.5) is 5.69 Å². The Morgan fingerprint density at radius 2 is 1.71 bits per heavy atom. The molecule has 1 aromatic carbocycles. The van der Waals surface area contributed by atoms with Gasteiger partial charge < -0.3 is 15.1 Å². The summed E-state index contributed by atoms with van der Waals surface area (Å²) in [5.74, 6) is 0.00696. The second kappa shape index (κ2) is 8.08. The number of aromatic nitrogens is 1. The zero-order valence-corrected chi connectivity index (χ0v) is 16.2. The highest BCUT2D eigenvalue weighted by molar-refractivity contribution is 6.06. The highest BCUT2D eigenvalue weighted by Crippen LogP contribution is 2.29. The Hall–Kier alpha value is -3.41. The summed E-state index contributed by atoms with van der Waals surface area (Å²) in [6.45, 7) is 6.53. The summed E-state index contributed by atoms with van der Waals surface area (Å²) >= 11 is 0. The van der Waals surface area contributed by atoms with Crippen LogP contribution in [0, 0.1) is 0 Å². The van der Waals surface area contributed by atoms with Crippen LogP contribution in [0.5, 0.6) is 0 Å². The van der Waals surface area contributed by atoms with Crippen molar-refractivity contribution in [2.45, 2.75) is 32.7 Å². The molecule has 2 N–H and O–H groups in total. The summed E-state index contributed by atoms with van der Waals surface area (Å²) in [4.78, 5) is 29.1. The molecule has 0 radical (unpaired) electrons. The Morgan fingerprint density at radius 3 is 2.39 bits per heavy atom. The third kappa shape index (κ3) is 4.65. The van der Waals surface area contributed by atoms with Crippen molar-refractivity contribution in [2.75, 3.05) is 5.32 Å². The SMILES string of the molecule is CC(C)(C)c1ccccc1NC(=O)c1cncc(C(=O)NCc2ccco2)c1. The number of anilines is 1. The molecule has 2 heterocycles. The van der Waals surface area contributed by atoms with Crippen molar-refractivity contribution in [3.05, 3.63) is 83.6 Å². The highest BCUT2D eigenvalue weighted by atomic mass is 16.3. The van der Waals surface area contributed by atoms with Gasteiger partial charge in [0.25, 0.3) is 11.8 Å². The van der Waals surface area contributed by atoms with Gasteiger partial charge in [-0.05, 0) is 35.2 Å². The van der Waals surface area contributed by atoms with E-state index in [1.807, 2.05) is 24.3 Å². The van der Waals surface area contributed by atoms with Crippen molar-refractivity contribution in [1.29, 1.82) is 0 Å². The van der Waals surface area contributed by atoms with E-state index in [0.29, 0.717) is 16.9 Å². The van der Waals surface area contributed by atoms with Gasteiger partial charge >= 0.3 is 0 Å². The molecule has 0 saturated carbocycles. The molecule has 144 valence electrons. The van der Waals surface area contributed by atoms with Crippen LogP contribution in [0.3, 0.4) is 0 Å². The van der Waals surface area contributed by atoms with Gasteiger partial charge in [0.1, 0.15) is 5.76 Å². The molecule has 2 amide bonds. The Morgan fingerprint density at radius 1 is 1.00 bits per heavy atom. The van der Waals surface area contributed by atoms with Gasteiger partial charge in [-0.3, -0.25) is 14.6 Å². The molecule has 0 aliphatic carbocycles. The van der Waals surface area contributed by atoms with E-state index in [4.69, 9.17) is 4.42 Å². The molecule has 28 heavy (non-hydrogen) atoms. The van der Waals surface area contributed by atoms with Crippen LogP contribution in [0.15, 0.2) is 65.5 Å². The summed E-state index contributed by atoms with van der Waals surface area (Å²) in [5, 5.41) is 5.67.